The Morgan fingerprint density at radius 1 is 1.03 bits per heavy atom. The first-order chi connectivity index (χ1) is 15.6. The van der Waals surface area contributed by atoms with Gasteiger partial charge in [-0.25, -0.2) is 0 Å². The van der Waals surface area contributed by atoms with Gasteiger partial charge in [0.2, 0.25) is 5.91 Å². The number of amides is 1. The molecule has 0 spiro atoms. The summed E-state index contributed by atoms with van der Waals surface area (Å²) in [5.41, 5.74) is 1.87. The van der Waals surface area contributed by atoms with E-state index >= 15 is 0 Å². The second-order valence-corrected chi connectivity index (χ2v) is 8.68. The Bertz CT molecular complexity index is 1040. The van der Waals surface area contributed by atoms with Gasteiger partial charge in [-0.3, -0.25) is 4.79 Å². The predicted molar refractivity (Wildman–Crippen MR) is 130 cm³/mol. The monoisotopic (exact) mass is 469 g/mol. The summed E-state index contributed by atoms with van der Waals surface area (Å²) in [6.45, 7) is 3.50. The third-order valence-corrected chi connectivity index (χ3v) is 6.28. The Kier molecular flexibility index (Phi) is 7.34. The lowest BCUT2D eigenvalue weighted by molar-refractivity contribution is -0.113. The molecular formula is C23H24ClN5O2S. The second-order valence-electron chi connectivity index (χ2n) is 7.25. The Labute approximate surface area is 196 Å². The summed E-state index contributed by atoms with van der Waals surface area (Å²) < 4.78 is 5.12. The summed E-state index contributed by atoms with van der Waals surface area (Å²) in [6.07, 6.45) is 0. The first-order valence-electron chi connectivity index (χ1n) is 10.3. The van der Waals surface area contributed by atoms with Gasteiger partial charge in [0.25, 0.3) is 0 Å². The number of rotatable bonds is 7. The van der Waals surface area contributed by atoms with Gasteiger partial charge in [0.15, 0.2) is 5.82 Å². The topological polar surface area (TPSA) is 70.6 Å². The smallest absolute Gasteiger partial charge is 0.234 e. The first kappa shape index (κ1) is 22.2. The number of benzene rings is 2. The zero-order valence-corrected chi connectivity index (χ0v) is 19.3. The molecular weight excluding hydrogens is 446 g/mol. The van der Waals surface area contributed by atoms with Crippen molar-refractivity contribution < 1.29 is 9.53 Å². The molecule has 2 heterocycles. The van der Waals surface area contributed by atoms with Crippen LogP contribution in [0, 0.1) is 0 Å². The fraction of sp³-hybridized carbons (Fsp3) is 0.261. The van der Waals surface area contributed by atoms with E-state index in [1.165, 1.54) is 11.8 Å². The third-order valence-electron chi connectivity index (χ3n) is 5.13. The third kappa shape index (κ3) is 5.83. The average molecular weight is 470 g/mol. The van der Waals surface area contributed by atoms with Crippen LogP contribution in [0.3, 0.4) is 0 Å². The molecule has 0 radical (unpaired) electrons. The van der Waals surface area contributed by atoms with Crippen molar-refractivity contribution in [3.05, 3.63) is 65.7 Å². The van der Waals surface area contributed by atoms with E-state index in [-0.39, 0.29) is 11.7 Å². The molecule has 0 unspecified atom stereocenters. The molecule has 4 rings (SSSR count). The molecule has 0 atom stereocenters. The van der Waals surface area contributed by atoms with Crippen LogP contribution in [0.5, 0.6) is 5.75 Å². The van der Waals surface area contributed by atoms with E-state index in [0.717, 1.165) is 59.2 Å². The average Bonchev–Trinajstić information content (AvgIpc) is 2.84. The van der Waals surface area contributed by atoms with Gasteiger partial charge >= 0.3 is 0 Å². The summed E-state index contributed by atoms with van der Waals surface area (Å²) in [5, 5.41) is 13.0. The van der Waals surface area contributed by atoms with E-state index in [1.807, 2.05) is 54.6 Å². The predicted octanol–water partition coefficient (Wildman–Crippen LogP) is 4.20. The molecule has 32 heavy (non-hydrogen) atoms. The van der Waals surface area contributed by atoms with Crippen LogP contribution in [0.1, 0.15) is 0 Å². The minimum atomic E-state index is -0.0943. The van der Waals surface area contributed by atoms with Crippen LogP contribution < -0.4 is 19.9 Å². The van der Waals surface area contributed by atoms with E-state index in [0.29, 0.717) is 0 Å². The highest BCUT2D eigenvalue weighted by Gasteiger charge is 2.19. The Morgan fingerprint density at radius 3 is 2.44 bits per heavy atom. The van der Waals surface area contributed by atoms with Crippen LogP contribution in [0.15, 0.2) is 65.7 Å². The maximum Gasteiger partial charge on any atom is 0.234 e. The molecule has 0 saturated carbocycles. The SMILES string of the molecule is COc1ccc(NC(=O)CSc2ccc(N3CCN(c4cccc(Cl)c4)CC3)nn2)cc1. The zero-order valence-electron chi connectivity index (χ0n) is 17.7. The zero-order chi connectivity index (χ0) is 22.3. The molecule has 2 aromatic carbocycles. The molecule has 7 nitrogen and oxygen atoms in total. The van der Waals surface area contributed by atoms with Gasteiger partial charge in [0.1, 0.15) is 10.8 Å². The summed E-state index contributed by atoms with van der Waals surface area (Å²) in [6, 6.07) is 19.0. The van der Waals surface area contributed by atoms with Gasteiger partial charge in [-0.15, -0.1) is 10.2 Å². The number of carbonyl (C=O) groups is 1. The second kappa shape index (κ2) is 10.6. The van der Waals surface area contributed by atoms with Gasteiger partial charge in [0.05, 0.1) is 12.9 Å². The van der Waals surface area contributed by atoms with Gasteiger partial charge in [-0.05, 0) is 54.6 Å². The first-order valence-corrected chi connectivity index (χ1v) is 11.6. The van der Waals surface area contributed by atoms with Crippen LogP contribution in [-0.2, 0) is 4.79 Å². The van der Waals surface area contributed by atoms with Crippen molar-refractivity contribution >= 4 is 46.5 Å². The van der Waals surface area contributed by atoms with Crippen LogP contribution >= 0.6 is 23.4 Å². The number of nitrogens with one attached hydrogen (secondary N) is 1. The van der Waals surface area contributed by atoms with Crippen molar-refractivity contribution in [2.45, 2.75) is 5.03 Å². The number of piperazine rings is 1. The van der Waals surface area contributed by atoms with Gasteiger partial charge < -0.3 is 19.9 Å². The van der Waals surface area contributed by atoms with Crippen LogP contribution in [-0.4, -0.2) is 55.1 Å². The molecule has 0 aliphatic carbocycles. The van der Waals surface area contributed by atoms with Crippen molar-refractivity contribution in [2.75, 3.05) is 54.2 Å². The number of hydrogen-bond donors (Lipinski definition) is 1. The maximum atomic E-state index is 12.2. The molecule has 1 N–H and O–H groups in total. The maximum absolute atomic E-state index is 12.2. The van der Waals surface area contributed by atoms with Crippen molar-refractivity contribution in [3.63, 3.8) is 0 Å². The molecule has 166 valence electrons. The highest BCUT2D eigenvalue weighted by molar-refractivity contribution is 7.99. The Morgan fingerprint density at radius 2 is 1.78 bits per heavy atom. The van der Waals surface area contributed by atoms with E-state index in [2.05, 4.69) is 31.4 Å². The summed E-state index contributed by atoms with van der Waals surface area (Å²) in [5.74, 6) is 1.77. The summed E-state index contributed by atoms with van der Waals surface area (Å²) >= 11 is 7.47. The van der Waals surface area contributed by atoms with Crippen LogP contribution in [0.25, 0.3) is 0 Å². The molecule has 1 aliphatic rings. The number of thioether (sulfide) groups is 1. The van der Waals surface area contributed by atoms with Crippen LogP contribution in [0.2, 0.25) is 5.02 Å². The molecule has 1 saturated heterocycles. The molecule has 9 heteroatoms. The van der Waals surface area contributed by atoms with E-state index < -0.39 is 0 Å². The summed E-state index contributed by atoms with van der Waals surface area (Å²) in [7, 11) is 1.61. The largest absolute Gasteiger partial charge is 0.497 e. The minimum absolute atomic E-state index is 0.0943. The van der Waals surface area contributed by atoms with Crippen molar-refractivity contribution in [1.29, 1.82) is 0 Å². The lowest BCUT2D eigenvalue weighted by Crippen LogP contribution is -2.46. The fourth-order valence-corrected chi connectivity index (χ4v) is 4.23. The number of methoxy groups -OCH3 is 1. The van der Waals surface area contributed by atoms with Crippen LogP contribution in [0.4, 0.5) is 17.2 Å². The number of halogens is 1. The lowest BCUT2D eigenvalue weighted by Gasteiger charge is -2.36. The number of ether oxygens (including phenoxy) is 1. The van der Waals surface area contributed by atoms with E-state index in [1.54, 1.807) is 7.11 Å². The van der Waals surface area contributed by atoms with Crippen molar-refractivity contribution in [1.82, 2.24) is 10.2 Å². The number of hydrogen-bond acceptors (Lipinski definition) is 7. The Balaban J connectivity index is 1.24. The number of aromatic nitrogens is 2. The lowest BCUT2D eigenvalue weighted by atomic mass is 10.2. The normalized spacial score (nSPS) is 13.7. The van der Waals surface area contributed by atoms with E-state index in [4.69, 9.17) is 16.3 Å². The van der Waals surface area contributed by atoms with Gasteiger partial charge in [-0.2, -0.15) is 0 Å². The summed E-state index contributed by atoms with van der Waals surface area (Å²) in [4.78, 5) is 16.7. The number of anilines is 3. The highest BCUT2D eigenvalue weighted by Crippen LogP contribution is 2.23. The molecule has 0 bridgehead atoms. The van der Waals surface area contributed by atoms with Crippen molar-refractivity contribution in [2.24, 2.45) is 0 Å². The highest BCUT2D eigenvalue weighted by atomic mass is 35.5. The molecule has 1 aromatic heterocycles. The van der Waals surface area contributed by atoms with Gasteiger partial charge in [-0.1, -0.05) is 29.4 Å². The standard InChI is InChI=1S/C23H24ClN5O2S/c1-31-20-7-5-18(6-8-20)25-22(30)16-32-23-10-9-21(26-27-23)29-13-11-28(12-14-29)19-4-2-3-17(24)15-19/h2-10,15H,11-14,16H2,1H3,(H,25,30). The quantitative estimate of drug-likeness (QED) is 0.520. The van der Waals surface area contributed by atoms with E-state index in [9.17, 15) is 4.79 Å². The minimum Gasteiger partial charge on any atom is -0.497 e. The Hall–Kier alpha value is -2.97. The van der Waals surface area contributed by atoms with Crippen molar-refractivity contribution in [3.8, 4) is 5.75 Å². The number of nitrogens with zero attached hydrogens (tertiary/aromatic N) is 4. The number of carbonyl (C=O) groups excluding carboxylic acids is 1. The molecule has 1 fully saturated rings. The fourth-order valence-electron chi connectivity index (χ4n) is 3.44. The molecule has 1 aliphatic heterocycles. The molecule has 1 amide bonds. The molecule has 3 aromatic rings. The van der Waals surface area contributed by atoms with Gasteiger partial charge in [0, 0.05) is 42.6 Å².